The standard InChI is InChI=1S/C15H17F3N2O3/c16-15(17,18)13-7-11(1-4-19-13)23-12-8-20(9-12)14(21)10-2-5-22-6-3-10/h1,4,7,10,12H,2-3,5-6,8-9H2. The molecule has 8 heteroatoms. The molecule has 1 aromatic heterocycles. The van der Waals surface area contributed by atoms with Gasteiger partial charge in [0.2, 0.25) is 5.91 Å². The van der Waals surface area contributed by atoms with Crippen molar-refractivity contribution < 1.29 is 27.4 Å². The quantitative estimate of drug-likeness (QED) is 0.852. The number of carbonyl (C=O) groups excluding carboxylic acids is 1. The highest BCUT2D eigenvalue weighted by atomic mass is 19.4. The van der Waals surface area contributed by atoms with Gasteiger partial charge in [-0.05, 0) is 18.9 Å². The molecular formula is C15H17F3N2O3. The fourth-order valence-electron chi connectivity index (χ4n) is 2.73. The van der Waals surface area contributed by atoms with E-state index in [1.54, 1.807) is 4.90 Å². The number of pyridine rings is 1. The fourth-order valence-corrected chi connectivity index (χ4v) is 2.73. The number of rotatable bonds is 3. The number of aromatic nitrogens is 1. The summed E-state index contributed by atoms with van der Waals surface area (Å²) < 4.78 is 48.5. The number of ether oxygens (including phenoxy) is 2. The molecule has 23 heavy (non-hydrogen) atoms. The van der Waals surface area contributed by atoms with Crippen LogP contribution in [0.25, 0.3) is 0 Å². The van der Waals surface area contributed by atoms with Gasteiger partial charge in [0.15, 0.2) is 0 Å². The average molecular weight is 330 g/mol. The van der Waals surface area contributed by atoms with Crippen LogP contribution >= 0.6 is 0 Å². The SMILES string of the molecule is O=C(C1CCOCC1)N1CC(Oc2ccnc(C(F)(F)F)c2)C1. The lowest BCUT2D eigenvalue weighted by Gasteiger charge is -2.41. The lowest BCUT2D eigenvalue weighted by molar-refractivity contribution is -0.147. The monoisotopic (exact) mass is 330 g/mol. The fraction of sp³-hybridized carbons (Fsp3) is 0.600. The van der Waals surface area contributed by atoms with Gasteiger partial charge in [0.1, 0.15) is 17.5 Å². The first kappa shape index (κ1) is 16.0. The van der Waals surface area contributed by atoms with Crippen LogP contribution in [0.4, 0.5) is 13.2 Å². The number of halogens is 3. The first-order chi connectivity index (χ1) is 10.9. The van der Waals surface area contributed by atoms with E-state index in [0.29, 0.717) is 26.3 Å². The summed E-state index contributed by atoms with van der Waals surface area (Å²) in [5.41, 5.74) is -0.982. The Morgan fingerprint density at radius 3 is 2.65 bits per heavy atom. The molecule has 126 valence electrons. The van der Waals surface area contributed by atoms with E-state index >= 15 is 0 Å². The third-order valence-corrected chi connectivity index (χ3v) is 4.05. The molecule has 2 saturated heterocycles. The van der Waals surface area contributed by atoms with E-state index in [0.717, 1.165) is 25.1 Å². The molecule has 0 bridgehead atoms. The number of alkyl halides is 3. The number of carbonyl (C=O) groups is 1. The Labute approximate surface area is 131 Å². The van der Waals surface area contributed by atoms with E-state index in [4.69, 9.17) is 9.47 Å². The minimum Gasteiger partial charge on any atom is -0.487 e. The van der Waals surface area contributed by atoms with Crippen molar-refractivity contribution >= 4 is 5.91 Å². The molecule has 3 heterocycles. The van der Waals surface area contributed by atoms with Gasteiger partial charge in [0, 0.05) is 31.4 Å². The molecule has 0 unspecified atom stereocenters. The molecule has 2 aliphatic rings. The highest BCUT2D eigenvalue weighted by Gasteiger charge is 2.37. The van der Waals surface area contributed by atoms with Crippen molar-refractivity contribution in [1.29, 1.82) is 0 Å². The summed E-state index contributed by atoms with van der Waals surface area (Å²) >= 11 is 0. The van der Waals surface area contributed by atoms with Gasteiger partial charge in [-0.3, -0.25) is 9.78 Å². The highest BCUT2D eigenvalue weighted by molar-refractivity contribution is 5.79. The van der Waals surface area contributed by atoms with Crippen molar-refractivity contribution in [3.05, 3.63) is 24.0 Å². The molecule has 0 aliphatic carbocycles. The first-order valence-corrected chi connectivity index (χ1v) is 7.50. The van der Waals surface area contributed by atoms with E-state index in [2.05, 4.69) is 4.98 Å². The third kappa shape index (κ3) is 3.74. The van der Waals surface area contributed by atoms with Crippen molar-refractivity contribution in [2.75, 3.05) is 26.3 Å². The second-order valence-electron chi connectivity index (χ2n) is 5.74. The normalized spacial score (nSPS) is 20.2. The van der Waals surface area contributed by atoms with Crippen LogP contribution in [0.5, 0.6) is 5.75 Å². The van der Waals surface area contributed by atoms with Gasteiger partial charge in [-0.25, -0.2) is 0 Å². The molecule has 0 aromatic carbocycles. The molecule has 2 aliphatic heterocycles. The van der Waals surface area contributed by atoms with Gasteiger partial charge in [0.05, 0.1) is 13.1 Å². The molecule has 5 nitrogen and oxygen atoms in total. The predicted octanol–water partition coefficient (Wildman–Crippen LogP) is 2.12. The number of nitrogens with zero attached hydrogens (tertiary/aromatic N) is 2. The molecule has 0 saturated carbocycles. The zero-order valence-corrected chi connectivity index (χ0v) is 12.4. The minimum absolute atomic E-state index is 0.0116. The second-order valence-corrected chi connectivity index (χ2v) is 5.74. The number of likely N-dealkylation sites (tertiary alicyclic amines) is 1. The van der Waals surface area contributed by atoms with Crippen LogP contribution in [0.2, 0.25) is 0 Å². The number of hydrogen-bond donors (Lipinski definition) is 0. The zero-order valence-electron chi connectivity index (χ0n) is 12.4. The molecular weight excluding hydrogens is 313 g/mol. The highest BCUT2D eigenvalue weighted by Crippen LogP contribution is 2.30. The van der Waals surface area contributed by atoms with Crippen LogP contribution in [-0.2, 0) is 15.7 Å². The van der Waals surface area contributed by atoms with Gasteiger partial charge in [-0.2, -0.15) is 13.2 Å². The Bertz CT molecular complexity index is 567. The molecule has 2 fully saturated rings. The average Bonchev–Trinajstić information content (AvgIpc) is 2.50. The van der Waals surface area contributed by atoms with Crippen molar-refractivity contribution in [3.63, 3.8) is 0 Å². The van der Waals surface area contributed by atoms with E-state index in [1.165, 1.54) is 6.07 Å². The third-order valence-electron chi connectivity index (χ3n) is 4.05. The van der Waals surface area contributed by atoms with Crippen LogP contribution < -0.4 is 4.74 Å². The Hall–Kier alpha value is -1.83. The van der Waals surface area contributed by atoms with Crippen molar-refractivity contribution in [1.82, 2.24) is 9.88 Å². The summed E-state index contributed by atoms with van der Waals surface area (Å²) in [6.45, 7) is 2.00. The Morgan fingerprint density at radius 1 is 1.30 bits per heavy atom. The van der Waals surface area contributed by atoms with E-state index in [9.17, 15) is 18.0 Å². The summed E-state index contributed by atoms with van der Waals surface area (Å²) in [5.74, 6) is 0.191. The van der Waals surface area contributed by atoms with E-state index in [-0.39, 0.29) is 23.7 Å². The van der Waals surface area contributed by atoms with Crippen molar-refractivity contribution in [3.8, 4) is 5.75 Å². The van der Waals surface area contributed by atoms with Gasteiger partial charge in [0.25, 0.3) is 0 Å². The van der Waals surface area contributed by atoms with Gasteiger partial charge in [-0.15, -0.1) is 0 Å². The smallest absolute Gasteiger partial charge is 0.433 e. The van der Waals surface area contributed by atoms with Crippen molar-refractivity contribution in [2.45, 2.75) is 25.1 Å². The molecule has 0 atom stereocenters. The molecule has 0 radical (unpaired) electrons. The van der Waals surface area contributed by atoms with Gasteiger partial charge in [-0.1, -0.05) is 0 Å². The van der Waals surface area contributed by atoms with Crippen LogP contribution in [0.3, 0.4) is 0 Å². The molecule has 1 amide bonds. The van der Waals surface area contributed by atoms with E-state index < -0.39 is 11.9 Å². The summed E-state index contributed by atoms with van der Waals surface area (Å²) in [5, 5.41) is 0. The summed E-state index contributed by atoms with van der Waals surface area (Å²) in [6.07, 6.45) is -2.26. The Balaban J connectivity index is 1.51. The number of hydrogen-bond acceptors (Lipinski definition) is 4. The molecule has 0 N–H and O–H groups in total. The maximum Gasteiger partial charge on any atom is 0.433 e. The molecule has 3 rings (SSSR count). The predicted molar refractivity (Wildman–Crippen MR) is 73.8 cm³/mol. The lowest BCUT2D eigenvalue weighted by Crippen LogP contribution is -2.58. The Morgan fingerprint density at radius 2 is 2.00 bits per heavy atom. The van der Waals surface area contributed by atoms with Crippen LogP contribution in [0, 0.1) is 5.92 Å². The second kappa shape index (κ2) is 6.35. The van der Waals surface area contributed by atoms with Crippen molar-refractivity contribution in [2.24, 2.45) is 5.92 Å². The number of amides is 1. The summed E-state index contributed by atoms with van der Waals surface area (Å²) in [6, 6.07) is 2.27. The lowest BCUT2D eigenvalue weighted by atomic mass is 9.96. The van der Waals surface area contributed by atoms with Gasteiger partial charge >= 0.3 is 6.18 Å². The summed E-state index contributed by atoms with van der Waals surface area (Å²) in [4.78, 5) is 17.2. The molecule has 0 spiro atoms. The molecule has 1 aromatic rings. The minimum atomic E-state index is -4.50. The topological polar surface area (TPSA) is 51.7 Å². The zero-order chi connectivity index (χ0) is 16.4. The maximum atomic E-state index is 12.6. The maximum absolute atomic E-state index is 12.6. The van der Waals surface area contributed by atoms with Crippen LogP contribution in [-0.4, -0.2) is 48.2 Å². The van der Waals surface area contributed by atoms with Crippen LogP contribution in [0.15, 0.2) is 18.3 Å². The van der Waals surface area contributed by atoms with Crippen LogP contribution in [0.1, 0.15) is 18.5 Å². The summed E-state index contributed by atoms with van der Waals surface area (Å²) in [7, 11) is 0. The Kier molecular flexibility index (Phi) is 4.43. The van der Waals surface area contributed by atoms with Gasteiger partial charge < -0.3 is 14.4 Å². The largest absolute Gasteiger partial charge is 0.487 e. The first-order valence-electron chi connectivity index (χ1n) is 7.50. The van der Waals surface area contributed by atoms with E-state index in [1.807, 2.05) is 0 Å².